The van der Waals surface area contributed by atoms with Gasteiger partial charge in [-0.25, -0.2) is 8.78 Å². The largest absolute Gasteiger partial charge is 0.310 e. The molecule has 20 heavy (non-hydrogen) atoms. The van der Waals surface area contributed by atoms with Crippen molar-refractivity contribution < 1.29 is 8.78 Å². The number of benzene rings is 2. The molecule has 0 aromatic heterocycles. The van der Waals surface area contributed by atoms with Crippen molar-refractivity contribution in [3.63, 3.8) is 0 Å². The molecule has 1 unspecified atom stereocenters. The maximum atomic E-state index is 13.6. The molecule has 0 aliphatic heterocycles. The van der Waals surface area contributed by atoms with Crippen LogP contribution in [0.1, 0.15) is 31.0 Å². The fourth-order valence-corrected chi connectivity index (χ4v) is 2.38. The van der Waals surface area contributed by atoms with Gasteiger partial charge in [0, 0.05) is 6.04 Å². The Labute approximate surface area is 118 Å². The first-order valence-electron chi connectivity index (χ1n) is 6.82. The van der Waals surface area contributed by atoms with Crippen LogP contribution in [0.2, 0.25) is 0 Å². The molecule has 2 aromatic rings. The summed E-state index contributed by atoms with van der Waals surface area (Å²) < 4.78 is 27.0. The molecule has 0 saturated heterocycles. The van der Waals surface area contributed by atoms with Crippen LogP contribution >= 0.6 is 0 Å². The van der Waals surface area contributed by atoms with Gasteiger partial charge >= 0.3 is 0 Å². The first kappa shape index (κ1) is 14.7. The Morgan fingerprint density at radius 1 is 1.10 bits per heavy atom. The first-order chi connectivity index (χ1) is 9.52. The van der Waals surface area contributed by atoms with E-state index in [1.165, 1.54) is 18.2 Å². The molecule has 0 amide bonds. The highest BCUT2D eigenvalue weighted by Crippen LogP contribution is 2.30. The monoisotopic (exact) mass is 275 g/mol. The average Bonchev–Trinajstić information content (AvgIpc) is 2.42. The van der Waals surface area contributed by atoms with Gasteiger partial charge in [-0.2, -0.15) is 0 Å². The highest BCUT2D eigenvalue weighted by molar-refractivity contribution is 5.68. The van der Waals surface area contributed by atoms with E-state index in [0.717, 1.165) is 23.2 Å². The van der Waals surface area contributed by atoms with Crippen LogP contribution in [0, 0.1) is 18.6 Å². The minimum atomic E-state index is -0.283. The minimum Gasteiger partial charge on any atom is -0.310 e. The van der Waals surface area contributed by atoms with Gasteiger partial charge in [0.1, 0.15) is 11.6 Å². The Morgan fingerprint density at radius 2 is 1.85 bits per heavy atom. The SMILES string of the molecule is CCNC(C)c1ccc(F)cc1-c1ccc(F)c(C)c1. The lowest BCUT2D eigenvalue weighted by Crippen LogP contribution is -2.18. The van der Waals surface area contributed by atoms with Gasteiger partial charge in [0.25, 0.3) is 0 Å². The van der Waals surface area contributed by atoms with Crippen molar-refractivity contribution in [3.05, 3.63) is 59.2 Å². The number of halogens is 2. The van der Waals surface area contributed by atoms with Crippen LogP contribution in [0.15, 0.2) is 36.4 Å². The summed E-state index contributed by atoms with van der Waals surface area (Å²) in [6, 6.07) is 9.75. The zero-order valence-corrected chi connectivity index (χ0v) is 12.0. The lowest BCUT2D eigenvalue weighted by Gasteiger charge is -2.18. The number of nitrogens with one attached hydrogen (secondary N) is 1. The predicted molar refractivity (Wildman–Crippen MR) is 78.6 cm³/mol. The maximum Gasteiger partial charge on any atom is 0.126 e. The van der Waals surface area contributed by atoms with Crippen LogP contribution in [0.4, 0.5) is 8.78 Å². The zero-order valence-electron chi connectivity index (χ0n) is 12.0. The maximum absolute atomic E-state index is 13.6. The third kappa shape index (κ3) is 3.05. The van der Waals surface area contributed by atoms with Gasteiger partial charge in [0.2, 0.25) is 0 Å². The van der Waals surface area contributed by atoms with E-state index in [2.05, 4.69) is 5.32 Å². The Balaban J connectivity index is 2.53. The average molecular weight is 275 g/mol. The van der Waals surface area contributed by atoms with Crippen LogP contribution < -0.4 is 5.32 Å². The Hall–Kier alpha value is -1.74. The van der Waals surface area contributed by atoms with Crippen LogP contribution in [-0.2, 0) is 0 Å². The zero-order chi connectivity index (χ0) is 14.7. The van der Waals surface area contributed by atoms with E-state index in [9.17, 15) is 8.78 Å². The van der Waals surface area contributed by atoms with E-state index in [1.54, 1.807) is 25.1 Å². The molecule has 0 heterocycles. The highest BCUT2D eigenvalue weighted by atomic mass is 19.1. The molecule has 106 valence electrons. The molecule has 0 aliphatic carbocycles. The third-order valence-electron chi connectivity index (χ3n) is 3.46. The second-order valence-electron chi connectivity index (χ2n) is 4.97. The van der Waals surface area contributed by atoms with Crippen LogP contribution in [-0.4, -0.2) is 6.54 Å². The first-order valence-corrected chi connectivity index (χ1v) is 6.82. The quantitative estimate of drug-likeness (QED) is 0.859. The predicted octanol–water partition coefficient (Wildman–Crippen LogP) is 4.61. The number of rotatable bonds is 4. The summed E-state index contributed by atoms with van der Waals surface area (Å²) in [6.45, 7) is 6.62. The van der Waals surface area contributed by atoms with E-state index in [4.69, 9.17) is 0 Å². The standard InChI is InChI=1S/C17H19F2N/c1-4-20-12(3)15-7-6-14(18)10-16(15)13-5-8-17(19)11(2)9-13/h5-10,12,20H,4H2,1-3H3. The van der Waals surface area contributed by atoms with Gasteiger partial charge in [0.15, 0.2) is 0 Å². The highest BCUT2D eigenvalue weighted by Gasteiger charge is 2.13. The summed E-state index contributed by atoms with van der Waals surface area (Å²) >= 11 is 0. The van der Waals surface area contributed by atoms with Crippen molar-refractivity contribution in [2.24, 2.45) is 0 Å². The summed E-state index contributed by atoms with van der Waals surface area (Å²) in [5.41, 5.74) is 3.22. The Morgan fingerprint density at radius 3 is 2.50 bits per heavy atom. The third-order valence-corrected chi connectivity index (χ3v) is 3.46. The molecule has 0 bridgehead atoms. The van der Waals surface area contributed by atoms with Gasteiger partial charge in [-0.15, -0.1) is 0 Å². The van der Waals surface area contributed by atoms with Crippen molar-refractivity contribution >= 4 is 0 Å². The molecule has 2 aromatic carbocycles. The fraction of sp³-hybridized carbons (Fsp3) is 0.294. The van der Waals surface area contributed by atoms with Crippen LogP contribution in [0.25, 0.3) is 11.1 Å². The van der Waals surface area contributed by atoms with E-state index in [-0.39, 0.29) is 17.7 Å². The fourth-order valence-electron chi connectivity index (χ4n) is 2.38. The van der Waals surface area contributed by atoms with Crippen molar-refractivity contribution in [1.82, 2.24) is 5.32 Å². The van der Waals surface area contributed by atoms with Gasteiger partial charge in [0.05, 0.1) is 0 Å². The van der Waals surface area contributed by atoms with Crippen molar-refractivity contribution in [3.8, 4) is 11.1 Å². The van der Waals surface area contributed by atoms with Crippen LogP contribution in [0.5, 0.6) is 0 Å². The Kier molecular flexibility index (Phi) is 4.50. The molecular weight excluding hydrogens is 256 g/mol. The Bertz CT molecular complexity index is 608. The lowest BCUT2D eigenvalue weighted by atomic mass is 9.94. The van der Waals surface area contributed by atoms with E-state index in [1.807, 2.05) is 13.8 Å². The molecule has 0 spiro atoms. The molecular formula is C17H19F2N. The number of hydrogen-bond donors (Lipinski definition) is 1. The van der Waals surface area contributed by atoms with Crippen molar-refractivity contribution in [2.45, 2.75) is 26.8 Å². The summed E-state index contributed by atoms with van der Waals surface area (Å²) in [5, 5.41) is 3.32. The van der Waals surface area contributed by atoms with Gasteiger partial charge in [-0.3, -0.25) is 0 Å². The van der Waals surface area contributed by atoms with Gasteiger partial charge in [-0.1, -0.05) is 19.1 Å². The molecule has 1 nitrogen and oxygen atoms in total. The second-order valence-corrected chi connectivity index (χ2v) is 4.97. The van der Waals surface area contributed by atoms with Gasteiger partial charge < -0.3 is 5.32 Å². The molecule has 0 saturated carbocycles. The van der Waals surface area contributed by atoms with Crippen LogP contribution in [0.3, 0.4) is 0 Å². The molecule has 1 atom stereocenters. The van der Waals surface area contributed by atoms with Crippen molar-refractivity contribution in [2.75, 3.05) is 6.54 Å². The smallest absolute Gasteiger partial charge is 0.126 e. The second kappa shape index (κ2) is 6.14. The summed E-state index contributed by atoms with van der Waals surface area (Å²) in [4.78, 5) is 0. The lowest BCUT2D eigenvalue weighted by molar-refractivity contribution is 0.593. The summed E-state index contributed by atoms with van der Waals surface area (Å²) in [7, 11) is 0. The molecule has 0 radical (unpaired) electrons. The number of aryl methyl sites for hydroxylation is 1. The normalized spacial score (nSPS) is 12.4. The van der Waals surface area contributed by atoms with Crippen molar-refractivity contribution in [1.29, 1.82) is 0 Å². The van der Waals surface area contributed by atoms with E-state index >= 15 is 0 Å². The molecule has 0 aliphatic rings. The van der Waals surface area contributed by atoms with Gasteiger partial charge in [-0.05, 0) is 66.9 Å². The molecule has 1 N–H and O–H groups in total. The number of hydrogen-bond acceptors (Lipinski definition) is 1. The van der Waals surface area contributed by atoms with E-state index < -0.39 is 0 Å². The van der Waals surface area contributed by atoms with E-state index in [0.29, 0.717) is 5.56 Å². The minimum absolute atomic E-state index is 0.112. The molecule has 3 heteroatoms. The molecule has 2 rings (SSSR count). The molecule has 0 fully saturated rings. The topological polar surface area (TPSA) is 12.0 Å². The summed E-state index contributed by atoms with van der Waals surface area (Å²) in [5.74, 6) is -0.527. The summed E-state index contributed by atoms with van der Waals surface area (Å²) in [6.07, 6.45) is 0.